The second-order valence-corrected chi connectivity index (χ2v) is 6.90. The maximum absolute atomic E-state index is 13.6. The van der Waals surface area contributed by atoms with Gasteiger partial charge in [-0.2, -0.15) is 0 Å². The van der Waals surface area contributed by atoms with E-state index in [-0.39, 0.29) is 11.3 Å². The van der Waals surface area contributed by atoms with Crippen LogP contribution in [0, 0.1) is 17.5 Å². The molecule has 2 N–H and O–H groups in total. The van der Waals surface area contributed by atoms with Crippen LogP contribution in [0.3, 0.4) is 0 Å². The molecule has 0 unspecified atom stereocenters. The van der Waals surface area contributed by atoms with Crippen LogP contribution in [0.5, 0.6) is 0 Å². The topological polar surface area (TPSA) is 102 Å². The van der Waals surface area contributed by atoms with Crippen LogP contribution in [-0.2, 0) is 14.3 Å². The predicted molar refractivity (Wildman–Crippen MR) is 115 cm³/mol. The molecular weight excluding hydrogens is 453 g/mol. The molecule has 2 amide bonds. The van der Waals surface area contributed by atoms with Crippen LogP contribution in [0.4, 0.5) is 18.9 Å². The maximum Gasteiger partial charge on any atom is 0.338 e. The molecule has 0 radical (unpaired) electrons. The molecule has 10 heteroatoms. The highest BCUT2D eigenvalue weighted by Crippen LogP contribution is 2.19. The Labute approximate surface area is 191 Å². The van der Waals surface area contributed by atoms with Crippen molar-refractivity contribution in [3.63, 3.8) is 0 Å². The number of benzene rings is 3. The van der Waals surface area contributed by atoms with E-state index >= 15 is 0 Å². The van der Waals surface area contributed by atoms with E-state index in [1.54, 1.807) is 30.3 Å². The Morgan fingerprint density at radius 1 is 0.706 bits per heavy atom. The molecule has 0 aliphatic carbocycles. The molecule has 7 nitrogen and oxygen atoms in total. The number of carbonyl (C=O) groups is 4. The molecule has 0 bridgehead atoms. The first-order valence-corrected chi connectivity index (χ1v) is 9.83. The van der Waals surface area contributed by atoms with Gasteiger partial charge >= 0.3 is 5.97 Å². The predicted octanol–water partition coefficient (Wildman–Crippen LogP) is 3.25. The minimum Gasteiger partial charge on any atom is -0.452 e. The van der Waals surface area contributed by atoms with E-state index in [1.165, 1.54) is 24.3 Å². The average molecular weight is 470 g/mol. The van der Waals surface area contributed by atoms with Crippen molar-refractivity contribution in [2.24, 2.45) is 0 Å². The van der Waals surface area contributed by atoms with E-state index < -0.39 is 54.1 Å². The summed E-state index contributed by atoms with van der Waals surface area (Å²) in [6.07, 6.45) is 0. The zero-order valence-electron chi connectivity index (χ0n) is 17.4. The molecule has 3 aromatic rings. The zero-order valence-corrected chi connectivity index (χ0v) is 17.4. The fraction of sp³-hybridized carbons (Fsp3) is 0.0833. The van der Waals surface area contributed by atoms with E-state index in [2.05, 4.69) is 5.32 Å². The summed E-state index contributed by atoms with van der Waals surface area (Å²) in [6, 6.07) is 15.7. The molecule has 0 heterocycles. The fourth-order valence-electron chi connectivity index (χ4n) is 2.78. The highest BCUT2D eigenvalue weighted by atomic mass is 19.2. The summed E-state index contributed by atoms with van der Waals surface area (Å²) in [5.41, 5.74) is 0.359. The third kappa shape index (κ3) is 6.06. The van der Waals surface area contributed by atoms with Crippen LogP contribution >= 0.6 is 0 Å². The first-order chi connectivity index (χ1) is 16.3. The van der Waals surface area contributed by atoms with Gasteiger partial charge in [-0.15, -0.1) is 0 Å². The Bertz CT molecular complexity index is 1230. The van der Waals surface area contributed by atoms with E-state index in [4.69, 9.17) is 4.74 Å². The van der Waals surface area contributed by atoms with Crippen molar-refractivity contribution in [1.29, 1.82) is 0 Å². The Morgan fingerprint density at radius 3 is 2.00 bits per heavy atom. The van der Waals surface area contributed by atoms with Crippen LogP contribution in [0.2, 0.25) is 0 Å². The lowest BCUT2D eigenvalue weighted by Gasteiger charge is -2.09. The molecule has 34 heavy (non-hydrogen) atoms. The van der Waals surface area contributed by atoms with Crippen LogP contribution in [0.15, 0.2) is 66.7 Å². The van der Waals surface area contributed by atoms with Gasteiger partial charge in [-0.3, -0.25) is 14.4 Å². The van der Waals surface area contributed by atoms with Crippen molar-refractivity contribution in [1.82, 2.24) is 5.32 Å². The number of hydrogen-bond donors (Lipinski definition) is 2. The number of ketones is 1. The molecule has 0 aliphatic rings. The number of esters is 1. The average Bonchev–Trinajstić information content (AvgIpc) is 2.86. The van der Waals surface area contributed by atoms with Crippen molar-refractivity contribution in [3.8, 4) is 0 Å². The Hall–Kier alpha value is -4.47. The largest absolute Gasteiger partial charge is 0.452 e. The van der Waals surface area contributed by atoms with E-state index in [9.17, 15) is 32.3 Å². The highest BCUT2D eigenvalue weighted by Gasteiger charge is 2.16. The Morgan fingerprint density at radius 2 is 1.32 bits per heavy atom. The van der Waals surface area contributed by atoms with Crippen LogP contribution in [0.1, 0.15) is 26.3 Å². The van der Waals surface area contributed by atoms with Crippen molar-refractivity contribution >= 4 is 29.3 Å². The monoisotopic (exact) mass is 470 g/mol. The summed E-state index contributed by atoms with van der Waals surface area (Å²) < 4.78 is 44.5. The molecule has 0 atom stereocenters. The second kappa shape index (κ2) is 10.9. The van der Waals surface area contributed by atoms with Gasteiger partial charge in [-0.25, -0.2) is 18.0 Å². The number of ether oxygens (including phenoxy) is 1. The second-order valence-electron chi connectivity index (χ2n) is 6.90. The molecule has 3 aromatic carbocycles. The quantitative estimate of drug-likeness (QED) is 0.299. The normalized spacial score (nSPS) is 10.3. The number of rotatable bonds is 8. The zero-order chi connectivity index (χ0) is 24.7. The van der Waals surface area contributed by atoms with Crippen LogP contribution in [-0.4, -0.2) is 36.7 Å². The number of hydrogen-bond acceptors (Lipinski definition) is 5. The smallest absolute Gasteiger partial charge is 0.338 e. The SMILES string of the molecule is O=C(COC(=O)c1ccc(C(=O)c2ccccc2)cc1)NCC(=O)Nc1ccc(F)c(F)c1F. The summed E-state index contributed by atoms with van der Waals surface area (Å²) in [6.45, 7) is -1.35. The lowest BCUT2D eigenvalue weighted by Crippen LogP contribution is -2.35. The van der Waals surface area contributed by atoms with Gasteiger partial charge < -0.3 is 15.4 Å². The summed E-state index contributed by atoms with van der Waals surface area (Å²) >= 11 is 0. The summed E-state index contributed by atoms with van der Waals surface area (Å²) in [4.78, 5) is 48.1. The first-order valence-electron chi connectivity index (χ1n) is 9.83. The van der Waals surface area contributed by atoms with E-state index in [0.29, 0.717) is 17.2 Å². The van der Waals surface area contributed by atoms with Crippen LogP contribution < -0.4 is 10.6 Å². The molecule has 0 aliphatic heterocycles. The van der Waals surface area contributed by atoms with Gasteiger partial charge in [-0.1, -0.05) is 42.5 Å². The molecule has 174 valence electrons. The number of nitrogens with one attached hydrogen (secondary N) is 2. The van der Waals surface area contributed by atoms with Crippen molar-refractivity contribution in [2.45, 2.75) is 0 Å². The standard InChI is InChI=1S/C24H17F3N2O5/c25-17-10-11-18(22(27)21(17)26)29-19(30)12-28-20(31)13-34-24(33)16-8-6-15(7-9-16)23(32)14-4-2-1-3-5-14/h1-11H,12-13H2,(H,28,31)(H,29,30). The van der Waals surface area contributed by atoms with E-state index in [0.717, 1.165) is 6.07 Å². The molecule has 0 saturated heterocycles. The van der Waals surface area contributed by atoms with Gasteiger partial charge in [0.1, 0.15) is 0 Å². The number of anilines is 1. The molecule has 0 spiro atoms. The third-order valence-corrected chi connectivity index (χ3v) is 4.51. The van der Waals surface area contributed by atoms with Gasteiger partial charge in [-0.05, 0) is 24.3 Å². The van der Waals surface area contributed by atoms with Crippen molar-refractivity contribution < 1.29 is 37.1 Å². The summed E-state index contributed by atoms with van der Waals surface area (Å²) in [5.74, 6) is -7.53. The van der Waals surface area contributed by atoms with Gasteiger partial charge in [0.2, 0.25) is 5.91 Å². The molecule has 0 aromatic heterocycles. The van der Waals surface area contributed by atoms with Gasteiger partial charge in [0.15, 0.2) is 29.8 Å². The molecular formula is C24H17F3N2O5. The Kier molecular flexibility index (Phi) is 7.75. The lowest BCUT2D eigenvalue weighted by atomic mass is 10.0. The number of amides is 2. The lowest BCUT2D eigenvalue weighted by molar-refractivity contribution is -0.126. The van der Waals surface area contributed by atoms with Crippen molar-refractivity contribution in [2.75, 3.05) is 18.5 Å². The fourth-order valence-corrected chi connectivity index (χ4v) is 2.78. The molecule has 0 fully saturated rings. The maximum atomic E-state index is 13.6. The number of carbonyl (C=O) groups excluding carboxylic acids is 4. The Balaban J connectivity index is 1.45. The van der Waals surface area contributed by atoms with Gasteiger partial charge in [0, 0.05) is 11.1 Å². The first kappa shape index (κ1) is 24.2. The summed E-state index contributed by atoms with van der Waals surface area (Å²) in [5, 5.41) is 4.11. The molecule has 0 saturated carbocycles. The summed E-state index contributed by atoms with van der Waals surface area (Å²) in [7, 11) is 0. The minimum absolute atomic E-state index is 0.101. The van der Waals surface area contributed by atoms with E-state index in [1.807, 2.05) is 5.32 Å². The van der Waals surface area contributed by atoms with Crippen LogP contribution in [0.25, 0.3) is 0 Å². The third-order valence-electron chi connectivity index (χ3n) is 4.51. The minimum atomic E-state index is -1.74. The number of halogens is 3. The van der Waals surface area contributed by atoms with Gasteiger partial charge in [0.05, 0.1) is 17.8 Å². The van der Waals surface area contributed by atoms with Crippen molar-refractivity contribution in [3.05, 3.63) is 101 Å². The van der Waals surface area contributed by atoms with Gasteiger partial charge in [0.25, 0.3) is 5.91 Å². The molecule has 3 rings (SSSR count). The highest BCUT2D eigenvalue weighted by molar-refractivity contribution is 6.09.